The molecule has 0 bridgehead atoms. The standard InChI is InChI=1S/C13H16BrNO3/c1-2-9(13(18)15-8-12(16)17)7-10-5-3-4-6-11(10)14/h3-6,9H,2,7-8H2,1H3,(H,15,18)(H,16,17). The number of carbonyl (C=O) groups is 2. The summed E-state index contributed by atoms with van der Waals surface area (Å²) in [4.78, 5) is 22.2. The second-order valence-electron chi connectivity index (χ2n) is 4.01. The molecule has 0 aromatic heterocycles. The van der Waals surface area contributed by atoms with Crippen molar-refractivity contribution >= 4 is 27.8 Å². The van der Waals surface area contributed by atoms with Gasteiger partial charge in [0.05, 0.1) is 0 Å². The Morgan fingerprint density at radius 1 is 1.39 bits per heavy atom. The maximum absolute atomic E-state index is 11.8. The second-order valence-corrected chi connectivity index (χ2v) is 4.87. The molecule has 1 unspecified atom stereocenters. The number of nitrogens with one attached hydrogen (secondary N) is 1. The van der Waals surface area contributed by atoms with Crippen molar-refractivity contribution in [2.45, 2.75) is 19.8 Å². The maximum Gasteiger partial charge on any atom is 0.322 e. The summed E-state index contributed by atoms with van der Waals surface area (Å²) in [5.41, 5.74) is 1.05. The van der Waals surface area contributed by atoms with Crippen molar-refractivity contribution in [3.05, 3.63) is 34.3 Å². The van der Waals surface area contributed by atoms with Gasteiger partial charge in [0.1, 0.15) is 6.54 Å². The van der Waals surface area contributed by atoms with Crippen molar-refractivity contribution in [3.63, 3.8) is 0 Å². The third-order valence-corrected chi connectivity index (χ3v) is 3.48. The predicted molar refractivity (Wildman–Crippen MR) is 72.3 cm³/mol. The van der Waals surface area contributed by atoms with Crippen molar-refractivity contribution in [2.24, 2.45) is 5.92 Å². The van der Waals surface area contributed by atoms with Crippen molar-refractivity contribution in [1.29, 1.82) is 0 Å². The number of benzene rings is 1. The number of carboxylic acid groups (broad SMARTS) is 1. The Labute approximate surface area is 115 Å². The van der Waals surface area contributed by atoms with Gasteiger partial charge in [0, 0.05) is 10.4 Å². The first-order valence-corrected chi connectivity index (χ1v) is 6.56. The third-order valence-electron chi connectivity index (χ3n) is 2.70. The highest BCUT2D eigenvalue weighted by molar-refractivity contribution is 9.10. The Kier molecular flexibility index (Phi) is 5.85. The zero-order valence-electron chi connectivity index (χ0n) is 10.1. The molecule has 0 spiro atoms. The van der Waals surface area contributed by atoms with Gasteiger partial charge < -0.3 is 10.4 Å². The van der Waals surface area contributed by atoms with Crippen LogP contribution in [0, 0.1) is 5.92 Å². The van der Waals surface area contributed by atoms with Crippen LogP contribution in [0.1, 0.15) is 18.9 Å². The molecule has 0 fully saturated rings. The topological polar surface area (TPSA) is 66.4 Å². The molecule has 0 aliphatic heterocycles. The number of hydrogen-bond acceptors (Lipinski definition) is 2. The Morgan fingerprint density at radius 3 is 2.61 bits per heavy atom. The largest absolute Gasteiger partial charge is 0.480 e. The Morgan fingerprint density at radius 2 is 2.06 bits per heavy atom. The van der Waals surface area contributed by atoms with Crippen molar-refractivity contribution in [1.82, 2.24) is 5.32 Å². The van der Waals surface area contributed by atoms with E-state index >= 15 is 0 Å². The summed E-state index contributed by atoms with van der Waals surface area (Å²) in [5.74, 6) is -1.45. The highest BCUT2D eigenvalue weighted by Gasteiger charge is 2.18. The fourth-order valence-corrected chi connectivity index (χ4v) is 2.11. The molecule has 1 atom stereocenters. The van der Waals surface area contributed by atoms with Crippen LogP contribution in [-0.4, -0.2) is 23.5 Å². The van der Waals surface area contributed by atoms with E-state index in [4.69, 9.17) is 5.11 Å². The summed E-state index contributed by atoms with van der Waals surface area (Å²) in [6.45, 7) is 1.59. The monoisotopic (exact) mass is 313 g/mol. The van der Waals surface area contributed by atoms with E-state index in [1.165, 1.54) is 0 Å². The van der Waals surface area contributed by atoms with Gasteiger partial charge in [0.15, 0.2) is 0 Å². The number of halogens is 1. The molecule has 0 saturated heterocycles. The molecule has 0 aliphatic carbocycles. The van der Waals surface area contributed by atoms with Gasteiger partial charge in [0.25, 0.3) is 0 Å². The molecule has 0 radical (unpaired) electrons. The molecule has 4 nitrogen and oxygen atoms in total. The first-order valence-electron chi connectivity index (χ1n) is 5.77. The second kappa shape index (κ2) is 7.16. The molecule has 1 aromatic rings. The van der Waals surface area contributed by atoms with Crippen LogP contribution in [0.2, 0.25) is 0 Å². The van der Waals surface area contributed by atoms with Crippen molar-refractivity contribution in [3.8, 4) is 0 Å². The average Bonchev–Trinajstić information content (AvgIpc) is 2.35. The molecular weight excluding hydrogens is 298 g/mol. The van der Waals surface area contributed by atoms with E-state index in [-0.39, 0.29) is 18.4 Å². The van der Waals surface area contributed by atoms with Gasteiger partial charge in [-0.2, -0.15) is 0 Å². The number of carbonyl (C=O) groups excluding carboxylic acids is 1. The first-order chi connectivity index (χ1) is 8.54. The van der Waals surface area contributed by atoms with Gasteiger partial charge in [-0.3, -0.25) is 9.59 Å². The van der Waals surface area contributed by atoms with Crippen molar-refractivity contribution in [2.75, 3.05) is 6.54 Å². The Hall–Kier alpha value is -1.36. The molecule has 2 N–H and O–H groups in total. The van der Waals surface area contributed by atoms with E-state index in [0.29, 0.717) is 12.8 Å². The van der Waals surface area contributed by atoms with Crippen LogP contribution in [0.25, 0.3) is 0 Å². The smallest absolute Gasteiger partial charge is 0.322 e. The number of hydrogen-bond donors (Lipinski definition) is 2. The number of aliphatic carboxylic acids is 1. The lowest BCUT2D eigenvalue weighted by Crippen LogP contribution is -2.35. The molecule has 0 aliphatic rings. The summed E-state index contributed by atoms with van der Waals surface area (Å²) in [7, 11) is 0. The van der Waals surface area contributed by atoms with Crippen LogP contribution in [-0.2, 0) is 16.0 Å². The van der Waals surface area contributed by atoms with Crippen LogP contribution in [0.4, 0.5) is 0 Å². The third kappa shape index (κ3) is 4.49. The van der Waals surface area contributed by atoms with Gasteiger partial charge in [-0.25, -0.2) is 0 Å². The lowest BCUT2D eigenvalue weighted by molar-refractivity contribution is -0.138. The molecule has 0 saturated carbocycles. The van der Waals surface area contributed by atoms with Crippen LogP contribution in [0.15, 0.2) is 28.7 Å². The molecule has 18 heavy (non-hydrogen) atoms. The highest BCUT2D eigenvalue weighted by Crippen LogP contribution is 2.21. The SMILES string of the molecule is CCC(Cc1ccccc1Br)C(=O)NCC(=O)O. The van der Waals surface area contributed by atoms with Gasteiger partial charge in [-0.1, -0.05) is 41.1 Å². The Balaban J connectivity index is 2.64. The van der Waals surface area contributed by atoms with E-state index in [0.717, 1.165) is 10.0 Å². The normalized spacial score (nSPS) is 11.9. The minimum Gasteiger partial charge on any atom is -0.480 e. The summed E-state index contributed by atoms with van der Waals surface area (Å²) in [6.07, 6.45) is 1.27. The fraction of sp³-hybridized carbons (Fsp3) is 0.385. The number of rotatable bonds is 6. The molecule has 1 amide bonds. The zero-order chi connectivity index (χ0) is 13.5. The van der Waals surface area contributed by atoms with Gasteiger partial charge >= 0.3 is 5.97 Å². The molecule has 0 heterocycles. The summed E-state index contributed by atoms with van der Waals surface area (Å²) in [5, 5.41) is 10.9. The maximum atomic E-state index is 11.8. The minimum atomic E-state index is -1.03. The van der Waals surface area contributed by atoms with E-state index in [1.807, 2.05) is 31.2 Å². The van der Waals surface area contributed by atoms with Crippen LogP contribution < -0.4 is 5.32 Å². The quantitative estimate of drug-likeness (QED) is 0.846. The van der Waals surface area contributed by atoms with E-state index in [2.05, 4.69) is 21.2 Å². The summed E-state index contributed by atoms with van der Waals surface area (Å²) < 4.78 is 0.967. The van der Waals surface area contributed by atoms with Gasteiger partial charge in [-0.15, -0.1) is 0 Å². The first kappa shape index (κ1) is 14.7. The van der Waals surface area contributed by atoms with Crippen LogP contribution in [0.3, 0.4) is 0 Å². The molecule has 5 heteroatoms. The van der Waals surface area contributed by atoms with Crippen LogP contribution >= 0.6 is 15.9 Å². The van der Waals surface area contributed by atoms with Crippen LogP contribution in [0.5, 0.6) is 0 Å². The molecular formula is C13H16BrNO3. The molecule has 1 rings (SSSR count). The molecule has 98 valence electrons. The van der Waals surface area contributed by atoms with E-state index in [9.17, 15) is 9.59 Å². The van der Waals surface area contributed by atoms with Crippen molar-refractivity contribution < 1.29 is 14.7 Å². The lowest BCUT2D eigenvalue weighted by Gasteiger charge is -2.15. The van der Waals surface area contributed by atoms with E-state index < -0.39 is 5.97 Å². The van der Waals surface area contributed by atoms with E-state index in [1.54, 1.807) is 0 Å². The minimum absolute atomic E-state index is 0.206. The fourth-order valence-electron chi connectivity index (χ4n) is 1.66. The summed E-state index contributed by atoms with van der Waals surface area (Å²) >= 11 is 3.44. The zero-order valence-corrected chi connectivity index (χ0v) is 11.7. The predicted octanol–water partition coefficient (Wildman–Crippen LogP) is 2.22. The number of amides is 1. The van der Waals surface area contributed by atoms with Gasteiger partial charge in [-0.05, 0) is 24.5 Å². The Bertz CT molecular complexity index is 434. The lowest BCUT2D eigenvalue weighted by atomic mass is 9.96. The number of carboxylic acids is 1. The molecule has 1 aromatic carbocycles. The summed E-state index contributed by atoms with van der Waals surface area (Å²) in [6, 6.07) is 7.72. The average molecular weight is 314 g/mol. The van der Waals surface area contributed by atoms with Gasteiger partial charge in [0.2, 0.25) is 5.91 Å². The highest BCUT2D eigenvalue weighted by atomic mass is 79.9.